The molecule has 0 heterocycles. The molecule has 128 valence electrons. The number of rotatable bonds is 2. The lowest BCUT2D eigenvalue weighted by atomic mass is 9.72. The summed E-state index contributed by atoms with van der Waals surface area (Å²) in [5, 5.41) is 0. The molecule has 0 radical (unpaired) electrons. The van der Waals surface area contributed by atoms with Gasteiger partial charge in [-0.15, -0.1) is 9.24 Å². The molecule has 2 aliphatic rings. The Kier molecular flexibility index (Phi) is 6.07. The second-order valence-corrected chi connectivity index (χ2v) is 8.58. The lowest BCUT2D eigenvalue weighted by Gasteiger charge is -2.35. The van der Waals surface area contributed by atoms with E-state index in [0.717, 1.165) is 36.8 Å². The Bertz CT molecular complexity index is 508. The van der Waals surface area contributed by atoms with Gasteiger partial charge >= 0.3 is 0 Å². The van der Waals surface area contributed by atoms with Crippen LogP contribution in [0.25, 0.3) is 0 Å². The molecule has 1 aromatic rings. The average Bonchev–Trinajstić information content (AvgIpc) is 2.52. The topological polar surface area (TPSA) is 0 Å². The van der Waals surface area contributed by atoms with Crippen LogP contribution in [0.2, 0.25) is 0 Å². The van der Waals surface area contributed by atoms with E-state index in [1.54, 1.807) is 12.1 Å². The van der Waals surface area contributed by atoms with Crippen LogP contribution >= 0.6 is 9.24 Å². The minimum atomic E-state index is -0.695. The third-order valence-electron chi connectivity index (χ3n) is 6.17. The number of hydrogen-bond donors (Lipinski definition) is 0. The Balaban J connectivity index is 1.66. The van der Waals surface area contributed by atoms with E-state index in [4.69, 9.17) is 0 Å². The van der Waals surface area contributed by atoms with E-state index in [1.165, 1.54) is 51.0 Å². The highest BCUT2D eigenvalue weighted by Gasteiger charge is 2.28. The number of benzene rings is 1. The molecule has 3 atom stereocenters. The Morgan fingerprint density at radius 1 is 0.783 bits per heavy atom. The van der Waals surface area contributed by atoms with Crippen molar-refractivity contribution < 1.29 is 8.78 Å². The van der Waals surface area contributed by atoms with Crippen LogP contribution in [0.5, 0.6) is 0 Å². The first-order valence-corrected chi connectivity index (χ1v) is 10.0. The van der Waals surface area contributed by atoms with Gasteiger partial charge in [-0.2, -0.15) is 0 Å². The molecule has 0 N–H and O–H groups in total. The minimum absolute atomic E-state index is 0.201. The summed E-state index contributed by atoms with van der Waals surface area (Å²) in [6, 6.07) is 4.68. The van der Waals surface area contributed by atoms with E-state index in [0.29, 0.717) is 5.56 Å². The predicted octanol–water partition coefficient (Wildman–Crippen LogP) is 6.45. The van der Waals surface area contributed by atoms with Gasteiger partial charge < -0.3 is 0 Å². The molecular formula is C20H29F2P. The molecular weight excluding hydrogens is 309 g/mol. The van der Waals surface area contributed by atoms with Crippen molar-refractivity contribution in [2.24, 2.45) is 11.8 Å². The van der Waals surface area contributed by atoms with Gasteiger partial charge in [0.05, 0.1) is 0 Å². The van der Waals surface area contributed by atoms with Gasteiger partial charge in [0.25, 0.3) is 0 Å². The van der Waals surface area contributed by atoms with Gasteiger partial charge in [0.15, 0.2) is 11.6 Å². The van der Waals surface area contributed by atoms with Gasteiger partial charge in [0, 0.05) is 0 Å². The van der Waals surface area contributed by atoms with Crippen LogP contribution in [0, 0.1) is 23.5 Å². The normalized spacial score (nSPS) is 33.0. The molecule has 0 bridgehead atoms. The van der Waals surface area contributed by atoms with Crippen molar-refractivity contribution in [2.75, 3.05) is 0 Å². The van der Waals surface area contributed by atoms with Crippen molar-refractivity contribution in [1.82, 2.24) is 0 Å². The molecule has 0 aliphatic heterocycles. The van der Waals surface area contributed by atoms with E-state index in [-0.39, 0.29) is 5.92 Å². The fourth-order valence-electron chi connectivity index (χ4n) is 4.74. The predicted molar refractivity (Wildman–Crippen MR) is 95.7 cm³/mol. The zero-order valence-electron chi connectivity index (χ0n) is 13.9. The zero-order valence-corrected chi connectivity index (χ0v) is 15.1. The summed E-state index contributed by atoms with van der Waals surface area (Å²) in [5.74, 6) is 0.555. The minimum Gasteiger partial charge on any atom is -0.204 e. The second kappa shape index (κ2) is 8.06. The van der Waals surface area contributed by atoms with Gasteiger partial charge in [0.2, 0.25) is 0 Å². The maximum Gasteiger partial charge on any atom is 0.162 e. The molecule has 3 rings (SSSR count). The molecule has 0 saturated heterocycles. The lowest BCUT2D eigenvalue weighted by Crippen LogP contribution is -2.23. The number of halogens is 2. The van der Waals surface area contributed by atoms with Crippen molar-refractivity contribution >= 4 is 9.24 Å². The van der Waals surface area contributed by atoms with Crippen LogP contribution in [-0.2, 0) is 0 Å². The largest absolute Gasteiger partial charge is 0.204 e. The third-order valence-corrected chi connectivity index (χ3v) is 6.83. The molecule has 0 amide bonds. The first-order chi connectivity index (χ1) is 11.1. The maximum atomic E-state index is 14.1. The summed E-state index contributed by atoms with van der Waals surface area (Å²) in [6.07, 6.45) is 12.3. The molecule has 3 unspecified atom stereocenters. The van der Waals surface area contributed by atoms with Gasteiger partial charge in [-0.05, 0) is 80.0 Å². The van der Waals surface area contributed by atoms with E-state index in [9.17, 15) is 8.78 Å². The van der Waals surface area contributed by atoms with E-state index in [2.05, 4.69) is 9.24 Å². The van der Waals surface area contributed by atoms with Gasteiger partial charge in [-0.25, -0.2) is 8.78 Å². The highest BCUT2D eigenvalue weighted by atomic mass is 31.0. The Hall–Kier alpha value is -0.490. The highest BCUT2D eigenvalue weighted by molar-refractivity contribution is 7.17. The van der Waals surface area contributed by atoms with Crippen LogP contribution in [0.4, 0.5) is 8.78 Å². The molecule has 0 spiro atoms. The summed E-state index contributed by atoms with van der Waals surface area (Å²) < 4.78 is 27.7. The molecule has 2 saturated carbocycles. The lowest BCUT2D eigenvalue weighted by molar-refractivity contribution is 0.204. The molecule has 1 aromatic carbocycles. The molecule has 23 heavy (non-hydrogen) atoms. The standard InChI is InChI=1S/C20H29F2P/c21-19-7-3-6-18(20(19)22)16-5-2-1-4-14(8-9-16)15-10-12-17(23)13-11-15/h3,6-7,14-17H,1-2,4-5,8-13,23H2. The second-order valence-electron chi connectivity index (χ2n) is 7.64. The van der Waals surface area contributed by atoms with Crippen molar-refractivity contribution in [3.8, 4) is 0 Å². The fourth-order valence-corrected chi connectivity index (χ4v) is 5.12. The highest BCUT2D eigenvalue weighted by Crippen LogP contribution is 2.41. The van der Waals surface area contributed by atoms with Gasteiger partial charge in [-0.3, -0.25) is 0 Å². The average molecular weight is 338 g/mol. The molecule has 0 aromatic heterocycles. The summed E-state index contributed by atoms with van der Waals surface area (Å²) in [4.78, 5) is 0. The summed E-state index contributed by atoms with van der Waals surface area (Å²) in [7, 11) is 2.98. The zero-order chi connectivity index (χ0) is 16.2. The summed E-state index contributed by atoms with van der Waals surface area (Å²) in [6.45, 7) is 0. The van der Waals surface area contributed by atoms with E-state index < -0.39 is 11.6 Å². The first kappa shape index (κ1) is 17.3. The first-order valence-electron chi connectivity index (χ1n) is 9.34. The summed E-state index contributed by atoms with van der Waals surface area (Å²) in [5.41, 5.74) is 1.42. The Morgan fingerprint density at radius 3 is 2.22 bits per heavy atom. The van der Waals surface area contributed by atoms with Crippen LogP contribution in [0.15, 0.2) is 18.2 Å². The van der Waals surface area contributed by atoms with Crippen molar-refractivity contribution in [1.29, 1.82) is 0 Å². The van der Waals surface area contributed by atoms with E-state index in [1.807, 2.05) is 0 Å². The van der Waals surface area contributed by atoms with E-state index >= 15 is 0 Å². The quantitative estimate of drug-likeness (QED) is 0.543. The Labute approximate surface area is 141 Å². The maximum absolute atomic E-state index is 14.1. The van der Waals surface area contributed by atoms with Crippen molar-refractivity contribution in [3.05, 3.63) is 35.4 Å². The summed E-state index contributed by atoms with van der Waals surface area (Å²) >= 11 is 0. The smallest absolute Gasteiger partial charge is 0.162 e. The third kappa shape index (κ3) is 4.32. The fraction of sp³-hybridized carbons (Fsp3) is 0.700. The number of hydrogen-bond acceptors (Lipinski definition) is 0. The van der Waals surface area contributed by atoms with Crippen molar-refractivity contribution in [3.63, 3.8) is 0 Å². The van der Waals surface area contributed by atoms with Crippen LogP contribution in [0.3, 0.4) is 0 Å². The van der Waals surface area contributed by atoms with Crippen LogP contribution < -0.4 is 0 Å². The molecule has 0 nitrogen and oxygen atoms in total. The SMILES string of the molecule is Fc1cccc(C2CCCCC(C3CCC(P)CC3)CC2)c1F. The molecule has 2 aliphatic carbocycles. The molecule has 2 fully saturated rings. The Morgan fingerprint density at radius 2 is 1.43 bits per heavy atom. The monoisotopic (exact) mass is 338 g/mol. The van der Waals surface area contributed by atoms with Gasteiger partial charge in [0.1, 0.15) is 0 Å². The van der Waals surface area contributed by atoms with Crippen LogP contribution in [0.1, 0.15) is 75.7 Å². The van der Waals surface area contributed by atoms with Crippen LogP contribution in [-0.4, -0.2) is 5.66 Å². The van der Waals surface area contributed by atoms with Gasteiger partial charge in [-0.1, -0.05) is 31.4 Å². The molecule has 3 heteroatoms. The van der Waals surface area contributed by atoms with Crippen molar-refractivity contribution in [2.45, 2.75) is 75.8 Å².